The van der Waals surface area contributed by atoms with Gasteiger partial charge < -0.3 is 20.6 Å². The highest BCUT2D eigenvalue weighted by Crippen LogP contribution is 2.13. The predicted octanol–water partition coefficient (Wildman–Crippen LogP) is 0.186. The normalized spacial score (nSPS) is 17.4. The average Bonchev–Trinajstić information content (AvgIpc) is 2.48. The Hall–Kier alpha value is -1.77. The number of aliphatic hydroxyl groups is 1. The van der Waals surface area contributed by atoms with E-state index in [-0.39, 0.29) is 50.3 Å². The van der Waals surface area contributed by atoms with Crippen LogP contribution < -0.4 is 10.6 Å². The molecule has 0 spiro atoms. The van der Waals surface area contributed by atoms with Gasteiger partial charge in [0.25, 0.3) is 0 Å². The lowest BCUT2D eigenvalue weighted by molar-refractivity contribution is -0.138. The molecule has 1 saturated heterocycles. The Kier molecular flexibility index (Phi) is 8.03. The average molecular weight is 364 g/mol. The molecule has 1 atom stereocenters. The van der Waals surface area contributed by atoms with Crippen LogP contribution in [0.4, 0.5) is 8.78 Å². The van der Waals surface area contributed by atoms with Gasteiger partial charge >= 0.3 is 0 Å². The Bertz CT molecular complexity index is 569. The van der Waals surface area contributed by atoms with E-state index < -0.39 is 17.7 Å². The maximum Gasteiger partial charge on any atom is 0.240 e. The van der Waals surface area contributed by atoms with Crippen LogP contribution in [0.5, 0.6) is 0 Å². The number of carbonyl (C=O) groups is 2. The second-order valence-corrected chi connectivity index (χ2v) is 5.32. The summed E-state index contributed by atoms with van der Waals surface area (Å²) in [5, 5.41) is 14.1. The minimum absolute atomic E-state index is 0. The number of amides is 2. The number of benzene rings is 1. The standard InChI is InChI=1S/C15H19F2N3O3.ClH/c16-11-5-10(6-12(17)7-11)9-20-3-1-18-13(15(20)23)8-14(22)19-2-4-21;/h5-7,13,18,21H,1-4,8-9H2,(H,19,22);1H. The molecule has 1 fully saturated rings. The van der Waals surface area contributed by atoms with Crippen molar-refractivity contribution >= 4 is 24.2 Å². The number of nitrogens with zero attached hydrogens (tertiary/aromatic N) is 1. The molecular formula is C15H20ClF2N3O3. The van der Waals surface area contributed by atoms with Crippen molar-refractivity contribution in [3.63, 3.8) is 0 Å². The van der Waals surface area contributed by atoms with Gasteiger partial charge in [0.1, 0.15) is 11.6 Å². The van der Waals surface area contributed by atoms with E-state index in [9.17, 15) is 18.4 Å². The maximum absolute atomic E-state index is 13.2. The maximum atomic E-state index is 13.2. The molecule has 0 aliphatic carbocycles. The predicted molar refractivity (Wildman–Crippen MR) is 85.5 cm³/mol. The number of aliphatic hydroxyl groups excluding tert-OH is 1. The molecule has 0 bridgehead atoms. The van der Waals surface area contributed by atoms with Gasteiger partial charge in [-0.3, -0.25) is 9.59 Å². The van der Waals surface area contributed by atoms with E-state index in [0.717, 1.165) is 6.07 Å². The van der Waals surface area contributed by atoms with Gasteiger partial charge in [0, 0.05) is 32.2 Å². The minimum Gasteiger partial charge on any atom is -0.395 e. The summed E-state index contributed by atoms with van der Waals surface area (Å²) < 4.78 is 26.4. The van der Waals surface area contributed by atoms with Crippen molar-refractivity contribution in [1.29, 1.82) is 0 Å². The fraction of sp³-hybridized carbons (Fsp3) is 0.467. The number of nitrogens with one attached hydrogen (secondary N) is 2. The number of carbonyl (C=O) groups excluding carboxylic acids is 2. The Labute approximate surface area is 144 Å². The molecule has 1 aromatic carbocycles. The molecule has 2 amide bonds. The zero-order valence-electron chi connectivity index (χ0n) is 12.9. The molecule has 0 radical (unpaired) electrons. The highest BCUT2D eigenvalue weighted by molar-refractivity contribution is 5.88. The Morgan fingerprint density at radius 3 is 2.62 bits per heavy atom. The van der Waals surface area contributed by atoms with Crippen molar-refractivity contribution in [2.75, 3.05) is 26.2 Å². The molecule has 1 aliphatic heterocycles. The fourth-order valence-corrected chi connectivity index (χ4v) is 2.48. The summed E-state index contributed by atoms with van der Waals surface area (Å²) in [4.78, 5) is 25.5. The quantitative estimate of drug-likeness (QED) is 0.674. The van der Waals surface area contributed by atoms with Crippen LogP contribution in [0.3, 0.4) is 0 Å². The van der Waals surface area contributed by atoms with Crippen LogP contribution in [0.25, 0.3) is 0 Å². The molecular weight excluding hydrogens is 344 g/mol. The lowest BCUT2D eigenvalue weighted by Crippen LogP contribution is -2.55. The Morgan fingerprint density at radius 2 is 2.00 bits per heavy atom. The first-order chi connectivity index (χ1) is 11.0. The van der Waals surface area contributed by atoms with Crippen molar-refractivity contribution in [3.8, 4) is 0 Å². The second kappa shape index (κ2) is 9.51. The summed E-state index contributed by atoms with van der Waals surface area (Å²) in [6.45, 7) is 0.929. The van der Waals surface area contributed by atoms with Crippen LogP contribution >= 0.6 is 12.4 Å². The van der Waals surface area contributed by atoms with Gasteiger partial charge in [-0.05, 0) is 17.7 Å². The first kappa shape index (κ1) is 20.3. The molecule has 0 aromatic heterocycles. The molecule has 1 aromatic rings. The number of hydrogen-bond donors (Lipinski definition) is 3. The molecule has 1 aliphatic rings. The van der Waals surface area contributed by atoms with E-state index in [1.165, 1.54) is 17.0 Å². The van der Waals surface area contributed by atoms with Crippen molar-refractivity contribution < 1.29 is 23.5 Å². The molecule has 24 heavy (non-hydrogen) atoms. The van der Waals surface area contributed by atoms with Crippen LogP contribution in [0.1, 0.15) is 12.0 Å². The van der Waals surface area contributed by atoms with E-state index in [0.29, 0.717) is 18.7 Å². The first-order valence-electron chi connectivity index (χ1n) is 7.34. The number of halogens is 3. The van der Waals surface area contributed by atoms with Crippen LogP contribution in [0.2, 0.25) is 0 Å². The van der Waals surface area contributed by atoms with E-state index in [2.05, 4.69) is 10.6 Å². The lowest BCUT2D eigenvalue weighted by atomic mass is 10.1. The van der Waals surface area contributed by atoms with Crippen molar-refractivity contribution in [2.24, 2.45) is 0 Å². The third kappa shape index (κ3) is 5.70. The number of hydrogen-bond acceptors (Lipinski definition) is 4. The zero-order valence-corrected chi connectivity index (χ0v) is 13.7. The topological polar surface area (TPSA) is 81.7 Å². The third-order valence-electron chi connectivity index (χ3n) is 3.50. The van der Waals surface area contributed by atoms with Gasteiger partial charge in [-0.2, -0.15) is 0 Å². The zero-order chi connectivity index (χ0) is 16.8. The van der Waals surface area contributed by atoms with Crippen LogP contribution in [-0.2, 0) is 16.1 Å². The van der Waals surface area contributed by atoms with Gasteiger partial charge in [0.15, 0.2) is 0 Å². The molecule has 9 heteroatoms. The Morgan fingerprint density at radius 1 is 1.33 bits per heavy atom. The summed E-state index contributed by atoms with van der Waals surface area (Å²) in [5.41, 5.74) is 0.362. The summed E-state index contributed by atoms with van der Waals surface area (Å²) in [5.74, 6) is -2.02. The molecule has 1 unspecified atom stereocenters. The second-order valence-electron chi connectivity index (χ2n) is 5.32. The van der Waals surface area contributed by atoms with E-state index in [1.807, 2.05) is 0 Å². The molecule has 1 heterocycles. The molecule has 134 valence electrons. The van der Waals surface area contributed by atoms with E-state index in [4.69, 9.17) is 5.11 Å². The molecule has 2 rings (SSSR count). The highest BCUT2D eigenvalue weighted by Gasteiger charge is 2.30. The molecule has 6 nitrogen and oxygen atoms in total. The Balaban J connectivity index is 0.00000288. The lowest BCUT2D eigenvalue weighted by Gasteiger charge is -2.33. The van der Waals surface area contributed by atoms with Crippen LogP contribution in [0, 0.1) is 11.6 Å². The van der Waals surface area contributed by atoms with Crippen LogP contribution in [-0.4, -0.2) is 54.1 Å². The summed E-state index contributed by atoms with van der Waals surface area (Å²) in [6, 6.07) is 2.46. The van der Waals surface area contributed by atoms with E-state index in [1.54, 1.807) is 0 Å². The number of piperazine rings is 1. The largest absolute Gasteiger partial charge is 0.395 e. The van der Waals surface area contributed by atoms with Gasteiger partial charge in [0.05, 0.1) is 19.1 Å². The fourth-order valence-electron chi connectivity index (χ4n) is 2.48. The van der Waals surface area contributed by atoms with Gasteiger partial charge in [-0.15, -0.1) is 12.4 Å². The third-order valence-corrected chi connectivity index (χ3v) is 3.50. The van der Waals surface area contributed by atoms with E-state index >= 15 is 0 Å². The molecule has 0 saturated carbocycles. The van der Waals surface area contributed by atoms with Gasteiger partial charge in [0.2, 0.25) is 11.8 Å². The summed E-state index contributed by atoms with van der Waals surface area (Å²) >= 11 is 0. The summed E-state index contributed by atoms with van der Waals surface area (Å²) in [6.07, 6.45) is -0.0488. The van der Waals surface area contributed by atoms with Gasteiger partial charge in [-0.1, -0.05) is 0 Å². The van der Waals surface area contributed by atoms with Crippen molar-refractivity contribution in [2.45, 2.75) is 19.0 Å². The van der Waals surface area contributed by atoms with Crippen LogP contribution in [0.15, 0.2) is 18.2 Å². The number of rotatable bonds is 6. The monoisotopic (exact) mass is 363 g/mol. The van der Waals surface area contributed by atoms with Crippen molar-refractivity contribution in [1.82, 2.24) is 15.5 Å². The minimum atomic E-state index is -0.692. The highest BCUT2D eigenvalue weighted by atomic mass is 35.5. The van der Waals surface area contributed by atoms with Crippen molar-refractivity contribution in [3.05, 3.63) is 35.4 Å². The van der Waals surface area contributed by atoms with Gasteiger partial charge in [-0.25, -0.2) is 8.78 Å². The smallest absolute Gasteiger partial charge is 0.240 e. The molecule has 3 N–H and O–H groups in total. The first-order valence-corrected chi connectivity index (χ1v) is 7.34. The SMILES string of the molecule is Cl.O=C(CC1NCCN(Cc2cc(F)cc(F)c2)C1=O)NCCO. The summed E-state index contributed by atoms with van der Waals surface area (Å²) in [7, 11) is 0.